The minimum Gasteiger partial charge on any atom is -0.478 e. The largest absolute Gasteiger partial charge is 0.478 e. The highest BCUT2D eigenvalue weighted by Crippen LogP contribution is 2.29. The molecule has 2 aromatic carbocycles. The van der Waals surface area contributed by atoms with Gasteiger partial charge in [0, 0.05) is 0 Å². The van der Waals surface area contributed by atoms with Crippen molar-refractivity contribution >= 4 is 23.9 Å². The van der Waals surface area contributed by atoms with E-state index >= 15 is 0 Å². The summed E-state index contributed by atoms with van der Waals surface area (Å²) in [5.74, 6) is -4.24. The molecular formula is C34H46O10. The Hall–Kier alpha value is -4.08. The molecule has 0 fully saturated rings. The zero-order valence-electron chi connectivity index (χ0n) is 26.2. The van der Waals surface area contributed by atoms with E-state index in [4.69, 9.17) is 24.0 Å². The molecule has 242 valence electrons. The van der Waals surface area contributed by atoms with Crippen LogP contribution < -0.4 is 9.78 Å². The number of rotatable bonds is 22. The second kappa shape index (κ2) is 20.8. The third-order valence-corrected chi connectivity index (χ3v) is 6.82. The molecule has 0 saturated heterocycles. The van der Waals surface area contributed by atoms with E-state index in [0.29, 0.717) is 19.3 Å². The quantitative estimate of drug-likeness (QED) is 0.0457. The molecule has 2 rings (SSSR count). The highest BCUT2D eigenvalue weighted by molar-refractivity contribution is 6.05. The molecule has 0 spiro atoms. The maximum absolute atomic E-state index is 13.2. The monoisotopic (exact) mass is 614 g/mol. The summed E-state index contributed by atoms with van der Waals surface area (Å²) in [6.07, 6.45) is 10.8. The van der Waals surface area contributed by atoms with Crippen LogP contribution in [0.15, 0.2) is 36.4 Å². The van der Waals surface area contributed by atoms with Crippen molar-refractivity contribution in [1.29, 1.82) is 0 Å². The molecule has 10 nitrogen and oxygen atoms in total. The lowest BCUT2D eigenvalue weighted by molar-refractivity contribution is -0.101. The first kappa shape index (κ1) is 36.1. The molecule has 0 unspecified atom stereocenters. The third kappa shape index (κ3) is 11.9. The van der Waals surface area contributed by atoms with Crippen LogP contribution in [0.5, 0.6) is 11.5 Å². The topological polar surface area (TPSA) is 135 Å². The van der Waals surface area contributed by atoms with Gasteiger partial charge in [-0.2, -0.15) is 0 Å². The van der Waals surface area contributed by atoms with E-state index in [1.54, 1.807) is 0 Å². The summed E-state index contributed by atoms with van der Waals surface area (Å²) in [5, 5.41) is 9.91. The number of hydrogen-bond acceptors (Lipinski definition) is 9. The summed E-state index contributed by atoms with van der Waals surface area (Å²) in [6, 6.07) is 8.35. The molecule has 0 atom stereocenters. The van der Waals surface area contributed by atoms with E-state index in [9.17, 15) is 24.3 Å². The first-order chi connectivity index (χ1) is 21.3. The Bertz CT molecular complexity index is 1210. The van der Waals surface area contributed by atoms with Crippen molar-refractivity contribution < 1.29 is 48.3 Å². The maximum atomic E-state index is 13.2. The number of benzene rings is 2. The second-order valence-corrected chi connectivity index (χ2v) is 10.4. The number of ether oxygens (including phenoxy) is 3. The van der Waals surface area contributed by atoms with Crippen LogP contribution in [-0.4, -0.2) is 48.8 Å². The normalized spacial score (nSPS) is 10.6. The predicted octanol–water partition coefficient (Wildman–Crippen LogP) is 7.97. The van der Waals surface area contributed by atoms with Crippen molar-refractivity contribution in [3.63, 3.8) is 0 Å². The van der Waals surface area contributed by atoms with Gasteiger partial charge in [0.15, 0.2) is 11.5 Å². The van der Waals surface area contributed by atoms with Gasteiger partial charge >= 0.3 is 23.9 Å². The van der Waals surface area contributed by atoms with E-state index in [0.717, 1.165) is 57.8 Å². The fourth-order valence-corrected chi connectivity index (χ4v) is 4.37. The van der Waals surface area contributed by atoms with Crippen molar-refractivity contribution in [3.8, 4) is 11.5 Å². The molecule has 1 N–H and O–H groups in total. The van der Waals surface area contributed by atoms with E-state index < -0.39 is 29.4 Å². The summed E-state index contributed by atoms with van der Waals surface area (Å²) in [7, 11) is 0. The molecule has 44 heavy (non-hydrogen) atoms. The maximum Gasteiger partial charge on any atom is 0.343 e. The number of unbranched alkanes of at least 4 members (excludes halogenated alkanes) is 9. The van der Waals surface area contributed by atoms with Crippen molar-refractivity contribution in [2.75, 3.05) is 19.8 Å². The fourth-order valence-electron chi connectivity index (χ4n) is 4.37. The Morgan fingerprint density at radius 1 is 0.523 bits per heavy atom. The van der Waals surface area contributed by atoms with Crippen LogP contribution in [-0.2, 0) is 14.2 Å². The van der Waals surface area contributed by atoms with Gasteiger partial charge in [-0.05, 0) is 43.5 Å². The van der Waals surface area contributed by atoms with Crippen LogP contribution in [0.1, 0.15) is 139 Å². The Balaban J connectivity index is 2.29. The van der Waals surface area contributed by atoms with Crippen LogP contribution in [0.2, 0.25) is 0 Å². The molecule has 0 aliphatic carbocycles. The Kier molecular flexibility index (Phi) is 17.0. The summed E-state index contributed by atoms with van der Waals surface area (Å²) >= 11 is 0. The molecule has 0 aliphatic rings. The Labute approximate surface area is 259 Å². The average Bonchev–Trinajstić information content (AvgIpc) is 3.02. The first-order valence-electron chi connectivity index (χ1n) is 15.7. The lowest BCUT2D eigenvalue weighted by atomic mass is 10.1. The van der Waals surface area contributed by atoms with E-state index in [-0.39, 0.29) is 48.0 Å². The Morgan fingerprint density at radius 2 is 0.909 bits per heavy atom. The summed E-state index contributed by atoms with van der Waals surface area (Å²) < 4.78 is 16.1. The van der Waals surface area contributed by atoms with Gasteiger partial charge in [-0.3, -0.25) is 9.78 Å². The summed E-state index contributed by atoms with van der Waals surface area (Å²) in [4.78, 5) is 61.9. The zero-order chi connectivity index (χ0) is 32.2. The summed E-state index contributed by atoms with van der Waals surface area (Å²) in [6.45, 7) is 6.71. The lowest BCUT2D eigenvalue weighted by Crippen LogP contribution is -2.18. The van der Waals surface area contributed by atoms with Crippen LogP contribution >= 0.6 is 0 Å². The molecule has 0 bridgehead atoms. The number of aromatic carboxylic acids is 1. The molecule has 0 saturated carbocycles. The highest BCUT2D eigenvalue weighted by atomic mass is 17.2. The van der Waals surface area contributed by atoms with E-state index in [1.165, 1.54) is 36.4 Å². The second-order valence-electron chi connectivity index (χ2n) is 10.4. The average molecular weight is 615 g/mol. The number of carboxylic acids is 1. The van der Waals surface area contributed by atoms with Gasteiger partial charge < -0.3 is 19.3 Å². The molecule has 0 aliphatic heterocycles. The molecular weight excluding hydrogens is 568 g/mol. The minimum atomic E-state index is -1.44. The molecule has 10 heteroatoms. The van der Waals surface area contributed by atoms with Crippen molar-refractivity contribution in [1.82, 2.24) is 0 Å². The first-order valence-corrected chi connectivity index (χ1v) is 15.7. The van der Waals surface area contributed by atoms with Gasteiger partial charge in [0.25, 0.3) is 0 Å². The molecule has 0 heterocycles. The minimum absolute atomic E-state index is 0.0704. The SMILES string of the molecule is CCCCCCOC(=O)c1cccc(OOc2cccc(C(=O)OCCCCCC)c2C(=O)OCCCCCC)c1C(=O)O. The molecule has 0 aromatic heterocycles. The standard InChI is InChI=1S/C34H46O10/c1-4-7-10-13-22-40-32(37)25-18-16-20-27(29(25)31(35)36)43-44-28-21-17-19-26(33(38)41-23-14-11-8-5-2)30(28)34(39)42-24-15-12-9-6-3/h16-21H,4-15,22-24H2,1-3H3,(H,35,36). The summed E-state index contributed by atoms with van der Waals surface area (Å²) in [5.41, 5.74) is -0.949. The number of hydrogen-bond donors (Lipinski definition) is 1. The van der Waals surface area contributed by atoms with Gasteiger partial charge in [-0.1, -0.05) is 90.7 Å². The number of carbonyl (C=O) groups excluding carboxylic acids is 3. The molecule has 0 radical (unpaired) electrons. The van der Waals surface area contributed by atoms with Gasteiger partial charge in [0.2, 0.25) is 0 Å². The third-order valence-electron chi connectivity index (χ3n) is 6.82. The highest BCUT2D eigenvalue weighted by Gasteiger charge is 2.27. The van der Waals surface area contributed by atoms with E-state index in [1.807, 2.05) is 0 Å². The molecule has 2 aromatic rings. The van der Waals surface area contributed by atoms with E-state index in [2.05, 4.69) is 20.8 Å². The van der Waals surface area contributed by atoms with Crippen LogP contribution in [0, 0.1) is 0 Å². The number of esters is 3. The number of carbonyl (C=O) groups is 4. The smallest absolute Gasteiger partial charge is 0.343 e. The van der Waals surface area contributed by atoms with Crippen LogP contribution in [0.3, 0.4) is 0 Å². The van der Waals surface area contributed by atoms with Gasteiger partial charge in [-0.15, -0.1) is 0 Å². The Morgan fingerprint density at radius 3 is 1.32 bits per heavy atom. The van der Waals surface area contributed by atoms with Gasteiger partial charge in [-0.25, -0.2) is 19.2 Å². The molecule has 0 amide bonds. The zero-order valence-corrected chi connectivity index (χ0v) is 26.2. The predicted molar refractivity (Wildman–Crippen MR) is 164 cm³/mol. The van der Waals surface area contributed by atoms with Crippen molar-refractivity contribution in [2.24, 2.45) is 0 Å². The van der Waals surface area contributed by atoms with Crippen LogP contribution in [0.4, 0.5) is 0 Å². The number of carboxylic acid groups (broad SMARTS) is 1. The van der Waals surface area contributed by atoms with Crippen molar-refractivity contribution in [2.45, 2.75) is 97.8 Å². The van der Waals surface area contributed by atoms with Crippen molar-refractivity contribution in [3.05, 3.63) is 58.7 Å². The van der Waals surface area contributed by atoms with Gasteiger partial charge in [0.1, 0.15) is 11.1 Å². The fraction of sp³-hybridized carbons (Fsp3) is 0.529. The van der Waals surface area contributed by atoms with Gasteiger partial charge in [0.05, 0.1) is 30.9 Å². The van der Waals surface area contributed by atoms with Crippen LogP contribution in [0.25, 0.3) is 0 Å². The lowest BCUT2D eigenvalue weighted by Gasteiger charge is -2.15.